The van der Waals surface area contributed by atoms with E-state index < -0.39 is 0 Å². The van der Waals surface area contributed by atoms with Crippen LogP contribution in [-0.2, 0) is 4.74 Å². The molecule has 1 saturated heterocycles. The van der Waals surface area contributed by atoms with Crippen LogP contribution >= 0.6 is 0 Å². The number of nitrogens with zero attached hydrogens (tertiary/aromatic N) is 2. The Kier molecular flexibility index (Phi) is 4.60. The SMILES string of the molecule is CCCCN=C(N)N1CCOCC1. The summed E-state index contributed by atoms with van der Waals surface area (Å²) >= 11 is 0. The van der Waals surface area contributed by atoms with Crippen LogP contribution in [0.5, 0.6) is 0 Å². The summed E-state index contributed by atoms with van der Waals surface area (Å²) in [6, 6.07) is 0. The molecule has 0 saturated carbocycles. The Labute approximate surface area is 79.8 Å². The van der Waals surface area contributed by atoms with Gasteiger partial charge in [-0.1, -0.05) is 13.3 Å². The zero-order valence-electron chi connectivity index (χ0n) is 8.33. The van der Waals surface area contributed by atoms with E-state index in [1.165, 1.54) is 6.42 Å². The van der Waals surface area contributed by atoms with Gasteiger partial charge in [0.25, 0.3) is 0 Å². The molecular formula is C9H19N3O. The Morgan fingerprint density at radius 3 is 2.77 bits per heavy atom. The van der Waals surface area contributed by atoms with Crippen LogP contribution in [0.4, 0.5) is 0 Å². The number of rotatable bonds is 3. The predicted molar refractivity (Wildman–Crippen MR) is 53.8 cm³/mol. The molecule has 1 fully saturated rings. The molecule has 0 radical (unpaired) electrons. The molecule has 0 spiro atoms. The lowest BCUT2D eigenvalue weighted by Gasteiger charge is -2.27. The van der Waals surface area contributed by atoms with Crippen molar-refractivity contribution in [3.05, 3.63) is 0 Å². The van der Waals surface area contributed by atoms with Crippen molar-refractivity contribution >= 4 is 5.96 Å². The summed E-state index contributed by atoms with van der Waals surface area (Å²) in [5, 5.41) is 0. The fraction of sp³-hybridized carbons (Fsp3) is 0.889. The molecule has 0 aromatic carbocycles. The Morgan fingerprint density at radius 1 is 1.46 bits per heavy atom. The molecule has 2 N–H and O–H groups in total. The third-order valence-electron chi connectivity index (χ3n) is 2.12. The predicted octanol–water partition coefficient (Wildman–Crippen LogP) is 0.433. The van der Waals surface area contributed by atoms with Gasteiger partial charge in [-0.25, -0.2) is 0 Å². The van der Waals surface area contributed by atoms with Gasteiger partial charge in [0.1, 0.15) is 0 Å². The minimum Gasteiger partial charge on any atom is -0.378 e. The number of morpholine rings is 1. The van der Waals surface area contributed by atoms with E-state index >= 15 is 0 Å². The van der Waals surface area contributed by atoms with Gasteiger partial charge >= 0.3 is 0 Å². The number of guanidine groups is 1. The first-order chi connectivity index (χ1) is 6.34. The van der Waals surface area contributed by atoms with Crippen LogP contribution in [0.2, 0.25) is 0 Å². The van der Waals surface area contributed by atoms with Gasteiger partial charge in [0.2, 0.25) is 0 Å². The summed E-state index contributed by atoms with van der Waals surface area (Å²) in [6.45, 7) is 6.29. The lowest BCUT2D eigenvalue weighted by atomic mass is 10.3. The van der Waals surface area contributed by atoms with E-state index in [4.69, 9.17) is 10.5 Å². The highest BCUT2D eigenvalue weighted by molar-refractivity contribution is 5.78. The fourth-order valence-corrected chi connectivity index (χ4v) is 1.24. The summed E-state index contributed by atoms with van der Waals surface area (Å²) in [5.74, 6) is 0.678. The van der Waals surface area contributed by atoms with Crippen molar-refractivity contribution in [2.45, 2.75) is 19.8 Å². The summed E-state index contributed by atoms with van der Waals surface area (Å²) in [7, 11) is 0. The van der Waals surface area contributed by atoms with Gasteiger partial charge in [0, 0.05) is 19.6 Å². The highest BCUT2D eigenvalue weighted by Crippen LogP contribution is 1.96. The van der Waals surface area contributed by atoms with E-state index in [0.29, 0.717) is 5.96 Å². The normalized spacial score (nSPS) is 19.2. The second kappa shape index (κ2) is 5.80. The molecule has 1 aliphatic rings. The molecule has 0 atom stereocenters. The molecule has 0 unspecified atom stereocenters. The average Bonchev–Trinajstić information content (AvgIpc) is 2.19. The Balaban J connectivity index is 2.27. The van der Waals surface area contributed by atoms with Crippen LogP contribution in [0.1, 0.15) is 19.8 Å². The topological polar surface area (TPSA) is 50.8 Å². The lowest BCUT2D eigenvalue weighted by molar-refractivity contribution is 0.0674. The standard InChI is InChI=1S/C9H19N3O/c1-2-3-4-11-9(10)12-5-7-13-8-6-12/h2-8H2,1H3,(H2,10,11). The van der Waals surface area contributed by atoms with Gasteiger partial charge in [-0.15, -0.1) is 0 Å². The third kappa shape index (κ3) is 3.63. The van der Waals surface area contributed by atoms with Crippen LogP contribution in [0.15, 0.2) is 4.99 Å². The summed E-state index contributed by atoms with van der Waals surface area (Å²) in [5.41, 5.74) is 5.81. The van der Waals surface area contributed by atoms with Crippen molar-refractivity contribution in [2.75, 3.05) is 32.8 Å². The average molecular weight is 185 g/mol. The van der Waals surface area contributed by atoms with E-state index in [0.717, 1.165) is 39.3 Å². The zero-order chi connectivity index (χ0) is 9.52. The van der Waals surface area contributed by atoms with Crippen LogP contribution in [0, 0.1) is 0 Å². The van der Waals surface area contributed by atoms with Crippen molar-refractivity contribution < 1.29 is 4.74 Å². The minimum absolute atomic E-state index is 0.678. The number of hydrogen-bond donors (Lipinski definition) is 1. The first-order valence-corrected chi connectivity index (χ1v) is 4.97. The van der Waals surface area contributed by atoms with Crippen molar-refractivity contribution in [1.29, 1.82) is 0 Å². The van der Waals surface area contributed by atoms with E-state index in [2.05, 4.69) is 16.8 Å². The molecule has 0 bridgehead atoms. The van der Waals surface area contributed by atoms with E-state index in [1.807, 2.05) is 0 Å². The van der Waals surface area contributed by atoms with Crippen LogP contribution < -0.4 is 5.73 Å². The van der Waals surface area contributed by atoms with E-state index in [1.54, 1.807) is 0 Å². The maximum absolute atomic E-state index is 5.81. The lowest BCUT2D eigenvalue weighted by Crippen LogP contribution is -2.44. The Morgan fingerprint density at radius 2 is 2.15 bits per heavy atom. The molecule has 4 nitrogen and oxygen atoms in total. The van der Waals surface area contributed by atoms with Gasteiger partial charge in [0.15, 0.2) is 5.96 Å². The maximum atomic E-state index is 5.81. The summed E-state index contributed by atoms with van der Waals surface area (Å²) in [6.07, 6.45) is 2.28. The van der Waals surface area contributed by atoms with Gasteiger partial charge in [0.05, 0.1) is 13.2 Å². The first-order valence-electron chi connectivity index (χ1n) is 4.97. The molecule has 13 heavy (non-hydrogen) atoms. The van der Waals surface area contributed by atoms with E-state index in [-0.39, 0.29) is 0 Å². The first kappa shape index (κ1) is 10.3. The van der Waals surface area contributed by atoms with Crippen molar-refractivity contribution in [3.63, 3.8) is 0 Å². The molecular weight excluding hydrogens is 166 g/mol. The maximum Gasteiger partial charge on any atom is 0.191 e. The van der Waals surface area contributed by atoms with Crippen LogP contribution in [0.3, 0.4) is 0 Å². The molecule has 1 aliphatic heterocycles. The number of hydrogen-bond acceptors (Lipinski definition) is 2. The quantitative estimate of drug-likeness (QED) is 0.394. The van der Waals surface area contributed by atoms with E-state index in [9.17, 15) is 0 Å². The smallest absolute Gasteiger partial charge is 0.191 e. The third-order valence-corrected chi connectivity index (χ3v) is 2.12. The highest BCUT2D eigenvalue weighted by atomic mass is 16.5. The van der Waals surface area contributed by atoms with Crippen molar-refractivity contribution in [2.24, 2.45) is 10.7 Å². The van der Waals surface area contributed by atoms with Crippen molar-refractivity contribution in [1.82, 2.24) is 4.90 Å². The van der Waals surface area contributed by atoms with Gasteiger partial charge in [-0.3, -0.25) is 4.99 Å². The summed E-state index contributed by atoms with van der Waals surface area (Å²) in [4.78, 5) is 6.38. The van der Waals surface area contributed by atoms with Gasteiger partial charge < -0.3 is 15.4 Å². The molecule has 0 aliphatic carbocycles. The molecule has 0 aromatic rings. The molecule has 0 aromatic heterocycles. The molecule has 76 valence electrons. The number of aliphatic imine (C=N–C) groups is 1. The fourth-order valence-electron chi connectivity index (χ4n) is 1.24. The number of ether oxygens (including phenoxy) is 1. The molecule has 0 amide bonds. The van der Waals surface area contributed by atoms with Crippen LogP contribution in [0.25, 0.3) is 0 Å². The summed E-state index contributed by atoms with van der Waals surface area (Å²) < 4.78 is 5.22. The Hall–Kier alpha value is -0.770. The second-order valence-corrected chi connectivity index (χ2v) is 3.19. The molecule has 1 rings (SSSR count). The monoisotopic (exact) mass is 185 g/mol. The van der Waals surface area contributed by atoms with Crippen LogP contribution in [-0.4, -0.2) is 43.7 Å². The Bertz CT molecular complexity index is 164. The molecule has 4 heteroatoms. The number of nitrogens with two attached hydrogens (primary N) is 1. The van der Waals surface area contributed by atoms with Crippen molar-refractivity contribution in [3.8, 4) is 0 Å². The molecule has 1 heterocycles. The highest BCUT2D eigenvalue weighted by Gasteiger charge is 2.11. The number of unbranched alkanes of at least 4 members (excludes halogenated alkanes) is 1. The second-order valence-electron chi connectivity index (χ2n) is 3.19. The van der Waals surface area contributed by atoms with Gasteiger partial charge in [-0.2, -0.15) is 0 Å². The zero-order valence-corrected chi connectivity index (χ0v) is 8.33. The largest absolute Gasteiger partial charge is 0.378 e. The minimum atomic E-state index is 0.678. The van der Waals surface area contributed by atoms with Gasteiger partial charge in [-0.05, 0) is 6.42 Å².